The molecule has 2 fully saturated rings. The van der Waals surface area contributed by atoms with Gasteiger partial charge >= 0.3 is 0 Å². The number of fused-ring (bicyclic) bond motifs is 1. The molecule has 1 aliphatic heterocycles. The lowest BCUT2D eigenvalue weighted by atomic mass is 9.48. The number of rotatable bonds is 4. The first-order chi connectivity index (χ1) is 7.84. The third-order valence-electron chi connectivity index (χ3n) is 5.52. The molecule has 2 aliphatic rings. The van der Waals surface area contributed by atoms with E-state index in [0.29, 0.717) is 18.1 Å². The molecule has 17 heavy (non-hydrogen) atoms. The minimum atomic E-state index is -0.0770. The molecular formula is C14H28N2O. The number of hydrogen-bond donors (Lipinski definition) is 1. The van der Waals surface area contributed by atoms with E-state index in [-0.39, 0.29) is 11.0 Å². The predicted octanol–water partition coefficient (Wildman–Crippen LogP) is 1.86. The van der Waals surface area contributed by atoms with Gasteiger partial charge in [0.15, 0.2) is 0 Å². The van der Waals surface area contributed by atoms with Crippen molar-refractivity contribution in [2.75, 3.05) is 20.2 Å². The van der Waals surface area contributed by atoms with Gasteiger partial charge < -0.3 is 15.4 Å². The van der Waals surface area contributed by atoms with E-state index in [1.165, 1.54) is 6.42 Å². The molecular weight excluding hydrogens is 212 g/mol. The zero-order valence-electron chi connectivity index (χ0n) is 12.0. The van der Waals surface area contributed by atoms with Gasteiger partial charge in [-0.2, -0.15) is 0 Å². The van der Waals surface area contributed by atoms with E-state index in [1.54, 1.807) is 0 Å². The van der Waals surface area contributed by atoms with E-state index < -0.39 is 0 Å². The molecule has 3 heteroatoms. The van der Waals surface area contributed by atoms with Gasteiger partial charge in [0.25, 0.3) is 0 Å². The van der Waals surface area contributed by atoms with Crippen LogP contribution in [0.4, 0.5) is 0 Å². The largest absolute Gasteiger partial charge is 0.377 e. The van der Waals surface area contributed by atoms with Crippen LogP contribution in [0.5, 0.6) is 0 Å². The van der Waals surface area contributed by atoms with Gasteiger partial charge in [-0.3, -0.25) is 0 Å². The van der Waals surface area contributed by atoms with Crippen molar-refractivity contribution in [3.05, 3.63) is 0 Å². The van der Waals surface area contributed by atoms with E-state index in [2.05, 4.69) is 39.6 Å². The SMILES string of the molecule is CCC(C)N(C)CC1(N)C2CCOC2C1(C)C. The third-order valence-corrected chi connectivity index (χ3v) is 5.52. The fourth-order valence-electron chi connectivity index (χ4n) is 3.68. The predicted molar refractivity (Wildman–Crippen MR) is 70.9 cm³/mol. The Morgan fingerprint density at radius 2 is 2.12 bits per heavy atom. The Hall–Kier alpha value is -0.120. The molecule has 4 unspecified atom stereocenters. The van der Waals surface area contributed by atoms with Gasteiger partial charge in [-0.05, 0) is 26.8 Å². The van der Waals surface area contributed by atoms with Crippen molar-refractivity contribution in [3.63, 3.8) is 0 Å². The zero-order chi connectivity index (χ0) is 12.8. The van der Waals surface area contributed by atoms with Crippen molar-refractivity contribution in [1.82, 2.24) is 4.90 Å². The van der Waals surface area contributed by atoms with E-state index in [1.807, 2.05) is 0 Å². The van der Waals surface area contributed by atoms with Crippen LogP contribution in [0, 0.1) is 11.3 Å². The Bertz CT molecular complexity index is 292. The van der Waals surface area contributed by atoms with Crippen molar-refractivity contribution in [2.24, 2.45) is 17.1 Å². The highest BCUT2D eigenvalue weighted by Crippen LogP contribution is 2.58. The van der Waals surface area contributed by atoms with Crippen LogP contribution in [-0.4, -0.2) is 42.8 Å². The summed E-state index contributed by atoms with van der Waals surface area (Å²) < 4.78 is 5.83. The van der Waals surface area contributed by atoms with Crippen LogP contribution in [0.2, 0.25) is 0 Å². The summed E-state index contributed by atoms with van der Waals surface area (Å²) in [5.74, 6) is 0.559. The molecule has 0 spiro atoms. The van der Waals surface area contributed by atoms with Crippen LogP contribution >= 0.6 is 0 Å². The molecule has 0 bridgehead atoms. The second-order valence-corrected chi connectivity index (χ2v) is 6.62. The van der Waals surface area contributed by atoms with Crippen LogP contribution in [0.1, 0.15) is 40.5 Å². The monoisotopic (exact) mass is 240 g/mol. The summed E-state index contributed by atoms with van der Waals surface area (Å²) >= 11 is 0. The Morgan fingerprint density at radius 1 is 1.47 bits per heavy atom. The lowest BCUT2D eigenvalue weighted by Gasteiger charge is -2.63. The average molecular weight is 240 g/mol. The quantitative estimate of drug-likeness (QED) is 0.815. The molecule has 2 rings (SSSR count). The molecule has 1 saturated carbocycles. The van der Waals surface area contributed by atoms with Crippen LogP contribution in [-0.2, 0) is 4.74 Å². The Kier molecular flexibility index (Phi) is 3.30. The average Bonchev–Trinajstić information content (AvgIpc) is 2.75. The number of nitrogens with zero attached hydrogens (tertiary/aromatic N) is 1. The molecule has 0 radical (unpaired) electrons. The molecule has 1 heterocycles. The molecule has 0 aromatic carbocycles. The Labute approximate surface area is 106 Å². The van der Waals surface area contributed by atoms with Gasteiger partial charge in [-0.1, -0.05) is 20.8 Å². The van der Waals surface area contributed by atoms with Crippen LogP contribution in [0.3, 0.4) is 0 Å². The van der Waals surface area contributed by atoms with Crippen molar-refractivity contribution >= 4 is 0 Å². The lowest BCUT2D eigenvalue weighted by molar-refractivity contribution is -0.163. The van der Waals surface area contributed by atoms with E-state index in [4.69, 9.17) is 10.5 Å². The second-order valence-electron chi connectivity index (χ2n) is 6.62. The molecule has 0 aromatic rings. The molecule has 1 aliphatic carbocycles. The van der Waals surface area contributed by atoms with E-state index in [9.17, 15) is 0 Å². The first-order valence-electron chi connectivity index (χ1n) is 6.95. The summed E-state index contributed by atoms with van der Waals surface area (Å²) in [5, 5.41) is 0. The summed E-state index contributed by atoms with van der Waals surface area (Å²) in [6.45, 7) is 10.9. The summed E-state index contributed by atoms with van der Waals surface area (Å²) in [6, 6.07) is 0.604. The molecule has 0 amide bonds. The number of nitrogens with two attached hydrogens (primary N) is 1. The molecule has 0 aromatic heterocycles. The maximum atomic E-state index is 6.74. The Morgan fingerprint density at radius 3 is 2.71 bits per heavy atom. The summed E-state index contributed by atoms with van der Waals surface area (Å²) in [5.41, 5.74) is 6.77. The maximum Gasteiger partial charge on any atom is 0.0691 e. The highest BCUT2D eigenvalue weighted by atomic mass is 16.5. The molecule has 3 nitrogen and oxygen atoms in total. The normalized spacial score (nSPS) is 41.1. The van der Waals surface area contributed by atoms with Gasteiger partial charge in [0.1, 0.15) is 0 Å². The lowest BCUT2D eigenvalue weighted by Crippen LogP contribution is -2.78. The minimum Gasteiger partial charge on any atom is -0.377 e. The number of hydrogen-bond acceptors (Lipinski definition) is 3. The van der Waals surface area contributed by atoms with Crippen molar-refractivity contribution in [2.45, 2.75) is 58.2 Å². The third kappa shape index (κ3) is 1.74. The van der Waals surface area contributed by atoms with Crippen LogP contribution in [0.25, 0.3) is 0 Å². The van der Waals surface area contributed by atoms with Crippen LogP contribution in [0.15, 0.2) is 0 Å². The topological polar surface area (TPSA) is 38.5 Å². The van der Waals surface area contributed by atoms with Gasteiger partial charge in [-0.25, -0.2) is 0 Å². The first-order valence-corrected chi connectivity index (χ1v) is 6.95. The highest BCUT2D eigenvalue weighted by molar-refractivity contribution is 5.21. The van der Waals surface area contributed by atoms with E-state index in [0.717, 1.165) is 19.6 Å². The molecule has 100 valence electrons. The minimum absolute atomic E-state index is 0.0770. The van der Waals surface area contributed by atoms with Gasteiger partial charge in [0, 0.05) is 36.1 Å². The Balaban J connectivity index is 2.08. The highest BCUT2D eigenvalue weighted by Gasteiger charge is 2.67. The summed E-state index contributed by atoms with van der Waals surface area (Å²) in [7, 11) is 2.20. The standard InChI is InChI=1S/C14H28N2O/c1-6-10(2)16(5)9-14(15)11-7-8-17-12(11)13(14,3)4/h10-12H,6-9,15H2,1-5H3. The van der Waals surface area contributed by atoms with Gasteiger partial charge in [0.2, 0.25) is 0 Å². The fraction of sp³-hybridized carbons (Fsp3) is 1.00. The van der Waals surface area contributed by atoms with Crippen molar-refractivity contribution < 1.29 is 4.74 Å². The number of ether oxygens (including phenoxy) is 1. The number of likely N-dealkylation sites (N-methyl/N-ethyl adjacent to an activating group) is 1. The molecule has 4 atom stereocenters. The first kappa shape index (κ1) is 13.3. The van der Waals surface area contributed by atoms with E-state index >= 15 is 0 Å². The van der Waals surface area contributed by atoms with Gasteiger partial charge in [0.05, 0.1) is 6.10 Å². The zero-order valence-corrected chi connectivity index (χ0v) is 12.0. The van der Waals surface area contributed by atoms with Crippen LogP contribution < -0.4 is 5.73 Å². The second kappa shape index (κ2) is 4.22. The fourth-order valence-corrected chi connectivity index (χ4v) is 3.68. The van der Waals surface area contributed by atoms with Crippen molar-refractivity contribution in [3.8, 4) is 0 Å². The summed E-state index contributed by atoms with van der Waals surface area (Å²) in [4.78, 5) is 2.41. The molecule has 1 saturated heterocycles. The summed E-state index contributed by atoms with van der Waals surface area (Å²) in [6.07, 6.45) is 2.70. The van der Waals surface area contributed by atoms with Crippen molar-refractivity contribution in [1.29, 1.82) is 0 Å². The van der Waals surface area contributed by atoms with Gasteiger partial charge in [-0.15, -0.1) is 0 Å². The maximum absolute atomic E-state index is 6.74. The smallest absolute Gasteiger partial charge is 0.0691 e. The molecule has 2 N–H and O–H groups in total.